The molecule has 1 aliphatic heterocycles. The quantitative estimate of drug-likeness (QED) is 0.385. The Morgan fingerprint density at radius 2 is 1.90 bits per heavy atom. The number of aliphatic carboxylic acids is 1. The molecule has 2 aromatic rings. The number of carboxylic acids is 1. The van der Waals surface area contributed by atoms with Crippen molar-refractivity contribution in [2.75, 3.05) is 6.61 Å². The maximum Gasteiger partial charge on any atom is 0.303 e. The zero-order chi connectivity index (χ0) is 20.6. The second-order valence-corrected chi connectivity index (χ2v) is 8.23. The van der Waals surface area contributed by atoms with Gasteiger partial charge in [-0.3, -0.25) is 9.59 Å². The van der Waals surface area contributed by atoms with Gasteiger partial charge in [0.15, 0.2) is 0 Å². The molecule has 0 atom stereocenters. The molecule has 152 valence electrons. The van der Waals surface area contributed by atoms with E-state index in [-0.39, 0.29) is 12.2 Å². The van der Waals surface area contributed by atoms with Crippen LogP contribution in [0, 0.1) is 0 Å². The molecular formula is C24H26O4S. The number of thioether (sulfide) groups is 1. The van der Waals surface area contributed by atoms with E-state index in [1.807, 2.05) is 48.5 Å². The number of hydrogen-bond donors (Lipinski definition) is 1. The standard InChI is InChI=1S/C24H26O4S/c1-2-3-4-5-14-28-19-10-6-18(7-11-19)16-22-24(27)20-15-17(9-13-23(25)26)8-12-21(20)29-22/h6-8,10-12,15-16H,2-5,9,13-14H2,1H3,(H,25,26)/b22-16-. The van der Waals surface area contributed by atoms with Crippen molar-refractivity contribution >= 4 is 29.6 Å². The molecule has 0 aromatic heterocycles. The monoisotopic (exact) mass is 410 g/mol. The van der Waals surface area contributed by atoms with Crippen LogP contribution in [-0.4, -0.2) is 23.5 Å². The number of benzene rings is 2. The zero-order valence-corrected chi connectivity index (χ0v) is 17.5. The van der Waals surface area contributed by atoms with Gasteiger partial charge in [-0.2, -0.15) is 0 Å². The molecule has 0 bridgehead atoms. The molecule has 1 N–H and O–H groups in total. The van der Waals surface area contributed by atoms with E-state index in [1.165, 1.54) is 31.0 Å². The molecule has 0 aliphatic carbocycles. The Hall–Kier alpha value is -2.53. The van der Waals surface area contributed by atoms with Gasteiger partial charge in [-0.25, -0.2) is 0 Å². The molecule has 0 saturated heterocycles. The second-order valence-electron chi connectivity index (χ2n) is 7.14. The number of hydrogen-bond acceptors (Lipinski definition) is 4. The van der Waals surface area contributed by atoms with E-state index in [0.717, 1.165) is 34.8 Å². The van der Waals surface area contributed by atoms with Gasteiger partial charge in [-0.1, -0.05) is 56.1 Å². The molecule has 5 heteroatoms. The van der Waals surface area contributed by atoms with Crippen molar-refractivity contribution in [2.24, 2.45) is 0 Å². The fourth-order valence-electron chi connectivity index (χ4n) is 3.17. The maximum atomic E-state index is 12.8. The Bertz CT molecular complexity index is 900. The first-order chi connectivity index (χ1) is 14.1. The molecule has 0 radical (unpaired) electrons. The minimum Gasteiger partial charge on any atom is -0.494 e. The first-order valence-electron chi connectivity index (χ1n) is 10.1. The number of ether oxygens (including phenoxy) is 1. The van der Waals surface area contributed by atoms with Crippen LogP contribution in [0.2, 0.25) is 0 Å². The number of carbonyl (C=O) groups is 2. The summed E-state index contributed by atoms with van der Waals surface area (Å²) in [6.07, 6.45) is 7.11. The lowest BCUT2D eigenvalue weighted by atomic mass is 10.0. The Morgan fingerprint density at radius 1 is 1.10 bits per heavy atom. The molecule has 2 aromatic carbocycles. The van der Waals surface area contributed by atoms with Crippen LogP contribution in [0.4, 0.5) is 0 Å². The summed E-state index contributed by atoms with van der Waals surface area (Å²) in [6, 6.07) is 13.4. The van der Waals surface area contributed by atoms with E-state index in [4.69, 9.17) is 9.84 Å². The first kappa shape index (κ1) is 21.2. The fourth-order valence-corrected chi connectivity index (χ4v) is 4.21. The van der Waals surface area contributed by atoms with Crippen molar-refractivity contribution in [1.82, 2.24) is 0 Å². The number of Topliss-reactive ketones (excluding diaryl/α,β-unsaturated/α-hetero) is 1. The third-order valence-electron chi connectivity index (χ3n) is 4.80. The van der Waals surface area contributed by atoms with Gasteiger partial charge >= 0.3 is 5.97 Å². The lowest BCUT2D eigenvalue weighted by Gasteiger charge is -2.06. The van der Waals surface area contributed by atoms with Crippen molar-refractivity contribution in [1.29, 1.82) is 0 Å². The normalized spacial score (nSPS) is 14.2. The number of rotatable bonds is 10. The summed E-state index contributed by atoms with van der Waals surface area (Å²) in [5.41, 5.74) is 2.50. The summed E-state index contributed by atoms with van der Waals surface area (Å²) < 4.78 is 5.77. The molecule has 1 heterocycles. The third-order valence-corrected chi connectivity index (χ3v) is 5.90. The van der Waals surface area contributed by atoms with Crippen LogP contribution >= 0.6 is 11.8 Å². The summed E-state index contributed by atoms with van der Waals surface area (Å²) >= 11 is 1.46. The van der Waals surface area contributed by atoms with Crippen molar-refractivity contribution in [3.8, 4) is 5.75 Å². The van der Waals surface area contributed by atoms with Gasteiger partial charge < -0.3 is 9.84 Å². The SMILES string of the molecule is CCCCCCOc1ccc(/C=C2\Sc3ccc(CCC(=O)O)cc3C2=O)cc1. The van der Waals surface area contributed by atoms with Crippen molar-refractivity contribution in [3.63, 3.8) is 0 Å². The van der Waals surface area contributed by atoms with Gasteiger partial charge in [-0.05, 0) is 54.3 Å². The Morgan fingerprint density at radius 3 is 2.62 bits per heavy atom. The maximum absolute atomic E-state index is 12.8. The van der Waals surface area contributed by atoms with Crippen LogP contribution < -0.4 is 4.74 Å². The number of ketones is 1. The summed E-state index contributed by atoms with van der Waals surface area (Å²) in [4.78, 5) is 25.1. The molecule has 29 heavy (non-hydrogen) atoms. The third kappa shape index (κ3) is 5.97. The number of unbranched alkanes of at least 4 members (excludes halogenated alkanes) is 3. The highest BCUT2D eigenvalue weighted by Crippen LogP contribution is 2.41. The predicted molar refractivity (Wildman–Crippen MR) is 117 cm³/mol. The summed E-state index contributed by atoms with van der Waals surface area (Å²) in [5.74, 6) is 0.0130. The van der Waals surface area contributed by atoms with Crippen LogP contribution in [0.5, 0.6) is 5.75 Å². The molecule has 1 aliphatic rings. The highest BCUT2D eigenvalue weighted by atomic mass is 32.2. The fraction of sp³-hybridized carbons (Fsp3) is 0.333. The Labute approximate surface area is 176 Å². The molecule has 0 spiro atoms. The van der Waals surface area contributed by atoms with Crippen LogP contribution in [0.25, 0.3) is 6.08 Å². The number of allylic oxidation sites excluding steroid dienone is 1. The molecule has 0 amide bonds. The summed E-state index contributed by atoms with van der Waals surface area (Å²) in [6.45, 7) is 2.92. The number of carbonyl (C=O) groups excluding carboxylic acids is 1. The molecule has 0 fully saturated rings. The zero-order valence-electron chi connectivity index (χ0n) is 16.6. The average molecular weight is 411 g/mol. The number of fused-ring (bicyclic) bond motifs is 1. The number of carboxylic acid groups (broad SMARTS) is 1. The van der Waals surface area contributed by atoms with Crippen molar-refractivity contribution < 1.29 is 19.4 Å². The second kappa shape index (κ2) is 10.3. The average Bonchev–Trinajstić information content (AvgIpc) is 3.02. The highest BCUT2D eigenvalue weighted by Gasteiger charge is 2.26. The van der Waals surface area contributed by atoms with E-state index >= 15 is 0 Å². The van der Waals surface area contributed by atoms with E-state index < -0.39 is 5.97 Å². The molecule has 3 rings (SSSR count). The Kier molecular flexibility index (Phi) is 7.53. The Balaban J connectivity index is 1.61. The van der Waals surface area contributed by atoms with Crippen molar-refractivity contribution in [3.05, 3.63) is 64.1 Å². The van der Waals surface area contributed by atoms with E-state index in [1.54, 1.807) is 0 Å². The van der Waals surface area contributed by atoms with Gasteiger partial charge in [0.2, 0.25) is 5.78 Å². The molecular weight excluding hydrogens is 384 g/mol. The van der Waals surface area contributed by atoms with Gasteiger partial charge in [0.05, 0.1) is 11.5 Å². The smallest absolute Gasteiger partial charge is 0.303 e. The van der Waals surface area contributed by atoms with Crippen LogP contribution in [0.3, 0.4) is 0 Å². The lowest BCUT2D eigenvalue weighted by Crippen LogP contribution is -2.00. The summed E-state index contributed by atoms with van der Waals surface area (Å²) in [5, 5.41) is 8.84. The van der Waals surface area contributed by atoms with Gasteiger partial charge in [0.25, 0.3) is 0 Å². The number of aryl methyl sites for hydroxylation is 1. The summed E-state index contributed by atoms with van der Waals surface area (Å²) in [7, 11) is 0. The van der Waals surface area contributed by atoms with Crippen LogP contribution in [0.15, 0.2) is 52.3 Å². The van der Waals surface area contributed by atoms with Gasteiger partial charge in [0.1, 0.15) is 5.75 Å². The molecule has 0 unspecified atom stereocenters. The molecule has 4 nitrogen and oxygen atoms in total. The van der Waals surface area contributed by atoms with Gasteiger partial charge in [0, 0.05) is 16.9 Å². The highest BCUT2D eigenvalue weighted by molar-refractivity contribution is 8.04. The van der Waals surface area contributed by atoms with E-state index in [2.05, 4.69) is 6.92 Å². The van der Waals surface area contributed by atoms with Crippen molar-refractivity contribution in [2.45, 2.75) is 50.3 Å². The minimum atomic E-state index is -0.833. The topological polar surface area (TPSA) is 63.6 Å². The minimum absolute atomic E-state index is 0.00146. The molecule has 0 saturated carbocycles. The van der Waals surface area contributed by atoms with Crippen LogP contribution in [-0.2, 0) is 11.2 Å². The lowest BCUT2D eigenvalue weighted by molar-refractivity contribution is -0.136. The van der Waals surface area contributed by atoms with E-state index in [9.17, 15) is 9.59 Å². The van der Waals surface area contributed by atoms with Gasteiger partial charge in [-0.15, -0.1) is 0 Å². The van der Waals surface area contributed by atoms with E-state index in [0.29, 0.717) is 16.9 Å². The first-order valence-corrected chi connectivity index (χ1v) is 10.9. The largest absolute Gasteiger partial charge is 0.494 e. The van der Waals surface area contributed by atoms with Crippen LogP contribution in [0.1, 0.15) is 60.5 Å². The predicted octanol–water partition coefficient (Wildman–Crippen LogP) is 5.99.